The Balaban J connectivity index is 1.28. The summed E-state index contributed by atoms with van der Waals surface area (Å²) in [5, 5.41) is 14.6. The number of anilines is 1. The molecule has 0 unspecified atom stereocenters. The van der Waals surface area contributed by atoms with Crippen molar-refractivity contribution in [2.24, 2.45) is 0 Å². The van der Waals surface area contributed by atoms with Crippen molar-refractivity contribution in [1.82, 2.24) is 35.4 Å². The van der Waals surface area contributed by atoms with Gasteiger partial charge in [-0.2, -0.15) is 5.21 Å². The van der Waals surface area contributed by atoms with E-state index in [0.29, 0.717) is 5.56 Å². The number of hydrogen-bond donors (Lipinski definition) is 3. The smallest absolute Gasteiger partial charge is 0.408 e. The highest BCUT2D eigenvalue weighted by molar-refractivity contribution is 6.45. The van der Waals surface area contributed by atoms with Crippen LogP contribution in [0, 0.1) is 5.82 Å². The lowest BCUT2D eigenvalue weighted by atomic mass is 10.1. The molecule has 3 heterocycles. The van der Waals surface area contributed by atoms with Gasteiger partial charge in [-0.15, -0.1) is 5.10 Å². The first kappa shape index (κ1) is 23.6. The van der Waals surface area contributed by atoms with Crippen LogP contribution in [0.3, 0.4) is 0 Å². The number of H-pyrrole nitrogens is 2. The molecule has 4 aromatic rings. The monoisotopic (exact) mass is 506 g/mol. The minimum Gasteiger partial charge on any atom is -0.408 e. The van der Waals surface area contributed by atoms with Gasteiger partial charge in [0.1, 0.15) is 5.82 Å². The molecule has 37 heavy (non-hydrogen) atoms. The molecule has 0 bridgehead atoms. The van der Waals surface area contributed by atoms with Gasteiger partial charge in [-0.1, -0.05) is 23.3 Å². The predicted molar refractivity (Wildman–Crippen MR) is 125 cm³/mol. The van der Waals surface area contributed by atoms with Crippen molar-refractivity contribution in [3.8, 4) is 5.75 Å². The Morgan fingerprint density at radius 3 is 2.41 bits per heavy atom. The molecule has 1 aliphatic heterocycles. The number of carbonyl (C=O) groups is 4. The molecule has 0 radical (unpaired) electrons. The number of rotatable bonds is 5. The Kier molecular flexibility index (Phi) is 6.28. The van der Waals surface area contributed by atoms with Crippen molar-refractivity contribution in [3.63, 3.8) is 0 Å². The second-order valence-electron chi connectivity index (χ2n) is 8.03. The zero-order chi connectivity index (χ0) is 25.9. The fourth-order valence-electron chi connectivity index (χ4n) is 4.01. The van der Waals surface area contributed by atoms with Crippen LogP contribution in [0.2, 0.25) is 0 Å². The van der Waals surface area contributed by atoms with Gasteiger partial charge in [-0.05, 0) is 29.5 Å². The van der Waals surface area contributed by atoms with Crippen molar-refractivity contribution < 1.29 is 28.3 Å². The minimum absolute atomic E-state index is 0.0117. The summed E-state index contributed by atoms with van der Waals surface area (Å²) < 4.78 is 19.9. The van der Waals surface area contributed by atoms with Crippen molar-refractivity contribution >= 4 is 40.5 Å². The topological polar surface area (TPSA) is 166 Å². The number of aromatic nitrogens is 5. The van der Waals surface area contributed by atoms with E-state index in [-0.39, 0.29) is 60.3 Å². The number of benzene rings is 2. The fourth-order valence-corrected chi connectivity index (χ4v) is 4.01. The van der Waals surface area contributed by atoms with Gasteiger partial charge in [0.25, 0.3) is 23.5 Å². The van der Waals surface area contributed by atoms with E-state index in [1.54, 1.807) is 29.2 Å². The molecule has 188 valence electrons. The molecule has 1 fully saturated rings. The minimum atomic E-state index is -0.976. The molecule has 0 atom stereocenters. The zero-order valence-electron chi connectivity index (χ0n) is 19.1. The molecule has 5 rings (SSSR count). The van der Waals surface area contributed by atoms with E-state index in [1.807, 2.05) is 6.07 Å². The first-order chi connectivity index (χ1) is 17.9. The Morgan fingerprint density at radius 2 is 1.70 bits per heavy atom. The highest BCUT2D eigenvalue weighted by Gasteiger charge is 2.31. The number of piperazine rings is 1. The number of nitrogens with one attached hydrogen (secondary N) is 3. The van der Waals surface area contributed by atoms with Gasteiger partial charge >= 0.3 is 6.09 Å². The molecule has 14 heteroatoms. The maximum atomic E-state index is 14.7. The third-order valence-electron chi connectivity index (χ3n) is 5.82. The molecule has 1 saturated heterocycles. The first-order valence-corrected chi connectivity index (χ1v) is 11.1. The molecule has 1 aliphatic rings. The average Bonchev–Trinajstić information content (AvgIpc) is 3.60. The molecule has 0 spiro atoms. The van der Waals surface area contributed by atoms with Crippen molar-refractivity contribution in [1.29, 1.82) is 0 Å². The zero-order valence-corrected chi connectivity index (χ0v) is 19.1. The second-order valence-corrected chi connectivity index (χ2v) is 8.03. The normalized spacial score (nSPS) is 13.4. The first-order valence-electron chi connectivity index (χ1n) is 11.1. The highest BCUT2D eigenvalue weighted by Crippen LogP contribution is 2.31. The Bertz CT molecular complexity index is 1480. The number of ketones is 1. The number of ether oxygens (including phenoxy) is 1. The van der Waals surface area contributed by atoms with E-state index in [9.17, 15) is 23.6 Å². The van der Waals surface area contributed by atoms with Crippen LogP contribution in [0.1, 0.15) is 20.7 Å². The maximum absolute atomic E-state index is 14.7. The van der Waals surface area contributed by atoms with Gasteiger partial charge in [-0.25, -0.2) is 9.18 Å². The molecule has 3 N–H and O–H groups in total. The van der Waals surface area contributed by atoms with Gasteiger partial charge in [0, 0.05) is 37.9 Å². The number of nitrogens with zero attached hydrogens (tertiary/aromatic N) is 5. The van der Waals surface area contributed by atoms with Gasteiger partial charge in [-0.3, -0.25) is 19.7 Å². The van der Waals surface area contributed by atoms with Crippen LogP contribution >= 0.6 is 0 Å². The van der Waals surface area contributed by atoms with E-state index < -0.39 is 23.6 Å². The highest BCUT2D eigenvalue weighted by atomic mass is 19.1. The summed E-state index contributed by atoms with van der Waals surface area (Å²) in [5.41, 5.74) is 0.346. The number of hydrogen-bond acceptors (Lipinski definition) is 8. The largest absolute Gasteiger partial charge is 0.419 e. The summed E-state index contributed by atoms with van der Waals surface area (Å²) >= 11 is 0. The number of tetrazole rings is 1. The van der Waals surface area contributed by atoms with E-state index in [4.69, 9.17) is 4.74 Å². The summed E-state index contributed by atoms with van der Waals surface area (Å²) in [5.74, 6) is -2.92. The third-order valence-corrected chi connectivity index (χ3v) is 5.82. The Labute approximate surface area is 207 Å². The van der Waals surface area contributed by atoms with Crippen LogP contribution in [0.25, 0.3) is 10.9 Å². The van der Waals surface area contributed by atoms with Crippen LogP contribution in [-0.2, 0) is 4.79 Å². The Hall–Kier alpha value is -5.14. The molecule has 13 nitrogen and oxygen atoms in total. The molecule has 0 aliphatic carbocycles. The summed E-state index contributed by atoms with van der Waals surface area (Å²) in [6.45, 7) is 0.808. The van der Waals surface area contributed by atoms with Crippen molar-refractivity contribution in [3.05, 3.63) is 65.6 Å². The second kappa shape index (κ2) is 9.85. The molecular weight excluding hydrogens is 487 g/mol. The summed E-state index contributed by atoms with van der Waals surface area (Å²) in [7, 11) is 0. The molecule has 2 aromatic heterocycles. The van der Waals surface area contributed by atoms with E-state index >= 15 is 0 Å². The molecule has 3 amide bonds. The summed E-state index contributed by atoms with van der Waals surface area (Å²) in [6, 6.07) is 11.0. The van der Waals surface area contributed by atoms with E-state index in [2.05, 4.69) is 30.9 Å². The summed E-state index contributed by atoms with van der Waals surface area (Å²) in [6.07, 6.45) is 0.211. The summed E-state index contributed by atoms with van der Waals surface area (Å²) in [4.78, 5) is 56.4. The number of aromatic amines is 2. The van der Waals surface area contributed by atoms with Crippen molar-refractivity contribution in [2.45, 2.75) is 0 Å². The maximum Gasteiger partial charge on any atom is 0.419 e. The standard InChI is InChI=1S/C23H19FN8O5/c24-15-6-7-16(37-23(36)26-22-27-29-30-28-22)18-17(15)14(12-25-18)19(33)21(35)32-10-8-31(9-11-32)20(34)13-4-2-1-3-5-13/h1-7,12,25H,8-11H2,(H2,26,27,28,29,30,36). The van der Waals surface area contributed by atoms with Crippen LogP contribution in [-0.4, -0.2) is 85.3 Å². The van der Waals surface area contributed by atoms with Crippen LogP contribution in [0.4, 0.5) is 15.1 Å². The van der Waals surface area contributed by atoms with Gasteiger partial charge in [0.15, 0.2) is 5.75 Å². The predicted octanol–water partition coefficient (Wildman–Crippen LogP) is 1.60. The fraction of sp³-hybridized carbons (Fsp3) is 0.174. The van der Waals surface area contributed by atoms with Gasteiger partial charge in [0.05, 0.1) is 16.5 Å². The SMILES string of the molecule is O=C(Nc1nn[nH]n1)Oc1ccc(F)c2c(C(=O)C(=O)N3CCN(C(=O)c4ccccc4)CC3)c[nH]c12. The lowest BCUT2D eigenvalue weighted by Gasteiger charge is -2.34. The van der Waals surface area contributed by atoms with Crippen molar-refractivity contribution in [2.75, 3.05) is 31.5 Å². The number of fused-ring (bicyclic) bond motifs is 1. The number of carbonyl (C=O) groups excluding carboxylic acids is 4. The van der Waals surface area contributed by atoms with Crippen LogP contribution in [0.5, 0.6) is 5.75 Å². The van der Waals surface area contributed by atoms with Gasteiger partial charge in [0.2, 0.25) is 0 Å². The molecular formula is C23H19FN8O5. The average molecular weight is 506 g/mol. The Morgan fingerprint density at radius 1 is 0.973 bits per heavy atom. The van der Waals surface area contributed by atoms with E-state index in [1.165, 1.54) is 17.2 Å². The van der Waals surface area contributed by atoms with Gasteiger partial charge < -0.3 is 19.5 Å². The molecule has 0 saturated carbocycles. The lowest BCUT2D eigenvalue weighted by Crippen LogP contribution is -2.52. The number of halogens is 1. The number of amides is 3. The molecule has 2 aromatic carbocycles. The quantitative estimate of drug-likeness (QED) is 0.271. The lowest BCUT2D eigenvalue weighted by molar-refractivity contribution is -0.127. The van der Waals surface area contributed by atoms with Crippen LogP contribution < -0.4 is 10.1 Å². The number of Topliss-reactive ketones (excluding diaryl/α,β-unsaturated/α-hetero) is 1. The third kappa shape index (κ3) is 4.71. The van der Waals surface area contributed by atoms with E-state index in [0.717, 1.165) is 6.07 Å². The van der Waals surface area contributed by atoms with Crippen LogP contribution in [0.15, 0.2) is 48.7 Å².